The average Bonchev–Trinajstić information content (AvgIpc) is 2.26. The number of carbonyl (C=O) groups excluding carboxylic acids is 1. The fourth-order valence-corrected chi connectivity index (χ4v) is 1.34. The molecule has 0 atom stereocenters. The van der Waals surface area contributed by atoms with E-state index in [9.17, 15) is 9.59 Å². The van der Waals surface area contributed by atoms with Gasteiger partial charge in [-0.05, 0) is 31.2 Å². The van der Waals surface area contributed by atoms with Gasteiger partial charge in [0.1, 0.15) is 0 Å². The molecule has 4 nitrogen and oxygen atoms in total. The van der Waals surface area contributed by atoms with Crippen molar-refractivity contribution in [2.24, 2.45) is 0 Å². The molecule has 0 spiro atoms. The maximum Gasteiger partial charge on any atom is 0.305 e. The van der Waals surface area contributed by atoms with E-state index in [1.165, 1.54) is 6.92 Å². The number of hydrogen-bond acceptors (Lipinski definition) is 3. The Bertz CT molecular complexity index is 384. The molecular weight excluding hydrogens is 206 g/mol. The number of carboxylic acid groups (broad SMARTS) is 1. The quantitative estimate of drug-likeness (QED) is 0.770. The van der Waals surface area contributed by atoms with Crippen LogP contribution in [-0.4, -0.2) is 30.5 Å². The number of rotatable bonds is 5. The topological polar surface area (TPSA) is 57.6 Å². The summed E-state index contributed by atoms with van der Waals surface area (Å²) < 4.78 is 0. The monoisotopic (exact) mass is 221 g/mol. The van der Waals surface area contributed by atoms with E-state index in [0.717, 1.165) is 5.69 Å². The van der Waals surface area contributed by atoms with Crippen molar-refractivity contribution in [3.05, 3.63) is 29.8 Å². The van der Waals surface area contributed by atoms with Gasteiger partial charge in [0.05, 0.1) is 6.42 Å². The van der Waals surface area contributed by atoms with Crippen LogP contribution in [0.1, 0.15) is 23.7 Å². The third kappa shape index (κ3) is 3.38. The summed E-state index contributed by atoms with van der Waals surface area (Å²) in [5.41, 5.74) is 1.57. The van der Waals surface area contributed by atoms with Gasteiger partial charge in [-0.1, -0.05) is 0 Å². The predicted octanol–water partition coefficient (Wildman–Crippen LogP) is 1.80. The van der Waals surface area contributed by atoms with Crippen molar-refractivity contribution in [3.63, 3.8) is 0 Å². The van der Waals surface area contributed by atoms with E-state index in [-0.39, 0.29) is 12.2 Å². The summed E-state index contributed by atoms with van der Waals surface area (Å²) >= 11 is 0. The Balaban J connectivity index is 2.66. The molecule has 0 fully saturated rings. The molecule has 0 aromatic heterocycles. The number of Topliss-reactive ketones (excluding diaryl/α,β-unsaturated/α-hetero) is 1. The minimum Gasteiger partial charge on any atom is -0.481 e. The largest absolute Gasteiger partial charge is 0.481 e. The Morgan fingerprint density at radius 2 is 1.81 bits per heavy atom. The molecule has 0 heterocycles. The van der Waals surface area contributed by atoms with Crippen LogP contribution in [0.25, 0.3) is 0 Å². The van der Waals surface area contributed by atoms with Crippen LogP contribution in [0.4, 0.5) is 5.69 Å². The summed E-state index contributed by atoms with van der Waals surface area (Å²) in [4.78, 5) is 23.3. The van der Waals surface area contributed by atoms with Gasteiger partial charge in [0, 0.05) is 24.8 Å². The number of ketones is 1. The standard InChI is InChI=1S/C12H15NO3/c1-9(14)10-3-5-11(6-4-10)13(2)8-7-12(15)16/h3-6H,7-8H2,1-2H3,(H,15,16). The number of hydrogen-bond donors (Lipinski definition) is 1. The third-order valence-corrected chi connectivity index (χ3v) is 2.38. The number of aliphatic carboxylic acids is 1. The second kappa shape index (κ2) is 5.30. The number of anilines is 1. The van der Waals surface area contributed by atoms with Crippen molar-refractivity contribution in [2.45, 2.75) is 13.3 Å². The molecule has 0 aliphatic heterocycles. The third-order valence-electron chi connectivity index (χ3n) is 2.38. The molecule has 0 radical (unpaired) electrons. The van der Waals surface area contributed by atoms with Gasteiger partial charge in [0.15, 0.2) is 5.78 Å². The number of nitrogens with zero attached hydrogens (tertiary/aromatic N) is 1. The lowest BCUT2D eigenvalue weighted by Gasteiger charge is -2.18. The zero-order valence-electron chi connectivity index (χ0n) is 9.43. The van der Waals surface area contributed by atoms with Crippen LogP contribution in [0.15, 0.2) is 24.3 Å². The SMILES string of the molecule is CC(=O)c1ccc(N(C)CCC(=O)O)cc1. The second-order valence-electron chi connectivity index (χ2n) is 3.67. The molecule has 1 N–H and O–H groups in total. The van der Waals surface area contributed by atoms with Gasteiger partial charge < -0.3 is 10.0 Å². The van der Waals surface area contributed by atoms with E-state index < -0.39 is 5.97 Å². The highest BCUT2D eigenvalue weighted by atomic mass is 16.4. The molecule has 1 aromatic carbocycles. The van der Waals surface area contributed by atoms with E-state index in [4.69, 9.17) is 5.11 Å². The first kappa shape index (κ1) is 12.2. The molecule has 0 saturated heterocycles. The molecule has 0 bridgehead atoms. The van der Waals surface area contributed by atoms with Crippen molar-refractivity contribution in [1.29, 1.82) is 0 Å². The fourth-order valence-electron chi connectivity index (χ4n) is 1.34. The van der Waals surface area contributed by atoms with Crippen LogP contribution >= 0.6 is 0 Å². The van der Waals surface area contributed by atoms with E-state index >= 15 is 0 Å². The van der Waals surface area contributed by atoms with Crippen LogP contribution in [0.2, 0.25) is 0 Å². The molecular formula is C12H15NO3. The normalized spacial score (nSPS) is 9.88. The highest BCUT2D eigenvalue weighted by Crippen LogP contribution is 2.14. The van der Waals surface area contributed by atoms with E-state index in [1.54, 1.807) is 12.1 Å². The van der Waals surface area contributed by atoms with E-state index in [0.29, 0.717) is 12.1 Å². The fraction of sp³-hybridized carbons (Fsp3) is 0.333. The van der Waals surface area contributed by atoms with Crippen molar-refractivity contribution in [3.8, 4) is 0 Å². The summed E-state index contributed by atoms with van der Waals surface area (Å²) in [7, 11) is 1.83. The summed E-state index contributed by atoms with van der Waals surface area (Å²) in [6.45, 7) is 1.97. The molecule has 0 unspecified atom stereocenters. The van der Waals surface area contributed by atoms with Crippen molar-refractivity contribution in [2.75, 3.05) is 18.5 Å². The van der Waals surface area contributed by atoms with Gasteiger partial charge >= 0.3 is 5.97 Å². The molecule has 4 heteroatoms. The molecule has 0 amide bonds. The zero-order valence-corrected chi connectivity index (χ0v) is 9.43. The highest BCUT2D eigenvalue weighted by molar-refractivity contribution is 5.94. The first-order valence-corrected chi connectivity index (χ1v) is 5.04. The number of benzene rings is 1. The summed E-state index contributed by atoms with van der Waals surface area (Å²) in [6, 6.07) is 7.13. The Kier molecular flexibility index (Phi) is 4.05. The highest BCUT2D eigenvalue weighted by Gasteiger charge is 2.04. The van der Waals surface area contributed by atoms with Crippen LogP contribution < -0.4 is 4.90 Å². The van der Waals surface area contributed by atoms with Gasteiger partial charge in [-0.25, -0.2) is 0 Å². The zero-order chi connectivity index (χ0) is 12.1. The smallest absolute Gasteiger partial charge is 0.305 e. The summed E-state index contributed by atoms with van der Waals surface area (Å²) in [5.74, 6) is -0.785. The molecule has 0 saturated carbocycles. The summed E-state index contributed by atoms with van der Waals surface area (Å²) in [6.07, 6.45) is 0.102. The van der Waals surface area contributed by atoms with E-state index in [2.05, 4.69) is 0 Å². The number of carboxylic acids is 1. The maximum atomic E-state index is 11.1. The van der Waals surface area contributed by atoms with Gasteiger partial charge in [0.2, 0.25) is 0 Å². The molecule has 86 valence electrons. The lowest BCUT2D eigenvalue weighted by molar-refractivity contribution is -0.136. The Morgan fingerprint density at radius 1 is 1.25 bits per heavy atom. The van der Waals surface area contributed by atoms with Crippen LogP contribution in [0.5, 0.6) is 0 Å². The van der Waals surface area contributed by atoms with Crippen LogP contribution in [0, 0.1) is 0 Å². The minimum absolute atomic E-state index is 0.0275. The lowest BCUT2D eigenvalue weighted by Crippen LogP contribution is -2.20. The first-order valence-electron chi connectivity index (χ1n) is 5.04. The average molecular weight is 221 g/mol. The first-order chi connectivity index (χ1) is 7.50. The number of carbonyl (C=O) groups is 2. The van der Waals surface area contributed by atoms with Crippen molar-refractivity contribution >= 4 is 17.4 Å². The minimum atomic E-state index is -0.813. The van der Waals surface area contributed by atoms with E-state index in [1.807, 2.05) is 24.1 Å². The van der Waals surface area contributed by atoms with Crippen molar-refractivity contribution in [1.82, 2.24) is 0 Å². The van der Waals surface area contributed by atoms with Crippen LogP contribution in [0.3, 0.4) is 0 Å². The summed E-state index contributed by atoms with van der Waals surface area (Å²) in [5, 5.41) is 8.55. The molecule has 16 heavy (non-hydrogen) atoms. The van der Waals surface area contributed by atoms with Crippen molar-refractivity contribution < 1.29 is 14.7 Å². The maximum absolute atomic E-state index is 11.1. The Morgan fingerprint density at radius 3 is 2.25 bits per heavy atom. The van der Waals surface area contributed by atoms with Crippen LogP contribution in [-0.2, 0) is 4.79 Å². The molecule has 0 aliphatic carbocycles. The molecule has 1 aromatic rings. The van der Waals surface area contributed by atoms with Gasteiger partial charge in [-0.3, -0.25) is 9.59 Å². The van der Waals surface area contributed by atoms with Gasteiger partial charge in [-0.2, -0.15) is 0 Å². The van der Waals surface area contributed by atoms with Gasteiger partial charge in [0.25, 0.3) is 0 Å². The second-order valence-corrected chi connectivity index (χ2v) is 3.67. The molecule has 0 aliphatic rings. The Hall–Kier alpha value is -1.84. The molecule has 1 rings (SSSR count). The van der Waals surface area contributed by atoms with Gasteiger partial charge in [-0.15, -0.1) is 0 Å². The predicted molar refractivity (Wildman–Crippen MR) is 62.0 cm³/mol. The Labute approximate surface area is 94.5 Å². The lowest BCUT2D eigenvalue weighted by atomic mass is 10.1.